The van der Waals surface area contributed by atoms with E-state index in [0.717, 1.165) is 160 Å². The lowest BCUT2D eigenvalue weighted by Crippen LogP contribution is -2.37. The summed E-state index contributed by atoms with van der Waals surface area (Å²) < 4.78 is 43.1. The Labute approximate surface area is 630 Å². The average Bonchev–Trinajstić information content (AvgIpc) is 1.49. The number of para-hydroxylation sites is 1. The summed E-state index contributed by atoms with van der Waals surface area (Å²) in [5, 5.41) is 24.4. The Morgan fingerprint density at radius 2 is 0.704 bits per heavy atom. The molecule has 0 saturated heterocycles. The summed E-state index contributed by atoms with van der Waals surface area (Å²) in [6, 6.07) is 83.6. The van der Waals surface area contributed by atoms with Gasteiger partial charge in [-0.2, -0.15) is 0 Å². The zero-order chi connectivity index (χ0) is 74.1. The van der Waals surface area contributed by atoms with Crippen molar-refractivity contribution in [2.45, 2.75) is 131 Å². The zero-order valence-corrected chi connectivity index (χ0v) is 66.2. The predicted octanol–water partition coefficient (Wildman–Crippen LogP) is 29.2. The quantitative estimate of drug-likeness (QED) is 0.0897. The molecule has 4 aromatic heterocycles. The van der Waals surface area contributed by atoms with Crippen LogP contribution in [-0.4, -0.2) is 16.1 Å². The fourth-order valence-corrected chi connectivity index (χ4v) is 19.9. The van der Waals surface area contributed by atoms with Gasteiger partial charge in [0.2, 0.25) is 0 Å². The molecule has 16 aromatic carbocycles. The van der Waals surface area contributed by atoms with Gasteiger partial charge in [-0.25, -0.2) is 0 Å². The van der Waals surface area contributed by atoms with Crippen molar-refractivity contribution < 1.29 is 27.1 Å². The molecule has 0 saturated carbocycles. The van der Waals surface area contributed by atoms with Gasteiger partial charge >= 0.3 is 0 Å². The van der Waals surface area contributed by atoms with Crippen LogP contribution in [0.3, 0.4) is 0 Å². The molecule has 8 heteroatoms. The van der Waals surface area contributed by atoms with Crippen LogP contribution in [0.5, 0.6) is 23.0 Å². The molecule has 0 radical (unpaired) electrons. The van der Waals surface area contributed by atoms with Gasteiger partial charge in [0.25, 0.3) is 0 Å². The standard InChI is InChI=1S/C100H86O6Si2/c1-54(2)59-25-39-68-75-48-73-71(58-23-37-66(38-24-58)108(13,14)15)47-82-92-74(70(57-21-35-65(36-22-57)107(10,11)12)46-81(91(73)92)95(75)105-87(68)44-59)49-76-69-40-26-60(45-88(69)106-96(76)82)55(3)42-56-20-41-86-72(43-56)78-51-80-90(102-64-33-29-62(30-34-64)100(7,8)9)52-83-93-79(50-77-67-18-16-17-19-85(67)103-97(77)83)89(53-84(94(80)93)98(78)104-86)101-63-31-27-61(28-32-63)99(4,5)6/h16-41,43-55H,42H2,1-15H3. The summed E-state index contributed by atoms with van der Waals surface area (Å²) in [6.45, 7) is 34.9. The zero-order valence-electron chi connectivity index (χ0n) is 64.2. The molecule has 0 aliphatic heterocycles. The number of ether oxygens (including phenoxy) is 2. The molecule has 0 spiro atoms. The summed E-state index contributed by atoms with van der Waals surface area (Å²) in [6.07, 6.45) is 0.780. The molecule has 0 N–H and O–H groups in total. The van der Waals surface area contributed by atoms with E-state index in [-0.39, 0.29) is 16.7 Å². The van der Waals surface area contributed by atoms with Gasteiger partial charge in [0.1, 0.15) is 67.7 Å². The second-order valence-electron chi connectivity index (χ2n) is 35.4. The first-order valence-electron chi connectivity index (χ1n) is 38.5. The molecule has 4 heterocycles. The predicted molar refractivity (Wildman–Crippen MR) is 463 cm³/mol. The number of benzene rings is 16. The van der Waals surface area contributed by atoms with Gasteiger partial charge in [-0.3, -0.25) is 0 Å². The fourth-order valence-electron chi connectivity index (χ4n) is 17.6. The van der Waals surface area contributed by atoms with Crippen LogP contribution in [-0.2, 0) is 17.3 Å². The van der Waals surface area contributed by atoms with E-state index < -0.39 is 16.1 Å². The Morgan fingerprint density at radius 1 is 0.315 bits per heavy atom. The van der Waals surface area contributed by atoms with Crippen molar-refractivity contribution in [3.63, 3.8) is 0 Å². The maximum absolute atomic E-state index is 7.46. The minimum Gasteiger partial charge on any atom is -0.457 e. The smallest absolute Gasteiger partial charge is 0.143 e. The molecule has 0 bridgehead atoms. The third kappa shape index (κ3) is 10.4. The van der Waals surface area contributed by atoms with E-state index in [2.05, 4.69) is 320 Å². The van der Waals surface area contributed by atoms with Gasteiger partial charge in [-0.15, -0.1) is 0 Å². The van der Waals surface area contributed by atoms with E-state index in [0.29, 0.717) is 5.92 Å². The van der Waals surface area contributed by atoms with E-state index in [1.165, 1.54) is 82.0 Å². The Hall–Kier alpha value is -11.2. The highest BCUT2D eigenvalue weighted by atomic mass is 28.3. The number of rotatable bonds is 12. The number of furan rings is 4. The summed E-state index contributed by atoms with van der Waals surface area (Å²) >= 11 is 0. The highest BCUT2D eigenvalue weighted by Gasteiger charge is 2.30. The molecule has 20 aromatic rings. The number of hydrogen-bond donors (Lipinski definition) is 0. The van der Waals surface area contributed by atoms with Crippen LogP contribution in [0.25, 0.3) is 175 Å². The van der Waals surface area contributed by atoms with Gasteiger partial charge in [0, 0.05) is 97.0 Å². The highest BCUT2D eigenvalue weighted by molar-refractivity contribution is 6.89. The maximum Gasteiger partial charge on any atom is 0.143 e. The Balaban J connectivity index is 0.751. The molecule has 0 aliphatic carbocycles. The van der Waals surface area contributed by atoms with E-state index in [1.54, 1.807) is 0 Å². The average molecular weight is 1440 g/mol. The third-order valence-electron chi connectivity index (χ3n) is 23.8. The minimum absolute atomic E-state index is 0.0163. The third-order valence-corrected chi connectivity index (χ3v) is 27.9. The van der Waals surface area contributed by atoms with Crippen LogP contribution in [0.15, 0.2) is 242 Å². The van der Waals surface area contributed by atoms with Crippen molar-refractivity contribution in [1.82, 2.24) is 0 Å². The monoisotopic (exact) mass is 1440 g/mol. The van der Waals surface area contributed by atoms with Crippen molar-refractivity contribution in [3.8, 4) is 45.3 Å². The summed E-state index contributed by atoms with van der Waals surface area (Å²) in [4.78, 5) is 0. The largest absolute Gasteiger partial charge is 0.457 e. The molecule has 108 heavy (non-hydrogen) atoms. The van der Waals surface area contributed by atoms with Crippen LogP contribution in [0.1, 0.15) is 102 Å². The van der Waals surface area contributed by atoms with E-state index in [4.69, 9.17) is 27.1 Å². The molecule has 1 unspecified atom stereocenters. The molecule has 20 rings (SSSR count). The first-order valence-corrected chi connectivity index (χ1v) is 45.5. The van der Waals surface area contributed by atoms with Gasteiger partial charge < -0.3 is 27.1 Å². The molecular weight excluding hydrogens is 1350 g/mol. The second-order valence-corrected chi connectivity index (χ2v) is 45.6. The number of hydrogen-bond acceptors (Lipinski definition) is 6. The first kappa shape index (κ1) is 66.3. The first-order chi connectivity index (χ1) is 51.7. The van der Waals surface area contributed by atoms with Gasteiger partial charge in [0.05, 0.1) is 16.1 Å². The van der Waals surface area contributed by atoms with Crippen molar-refractivity contribution in [2.75, 3.05) is 0 Å². The van der Waals surface area contributed by atoms with Crippen molar-refractivity contribution in [1.29, 1.82) is 0 Å². The Bertz CT molecular complexity index is 7060. The number of fused-ring (bicyclic) bond motifs is 16. The second kappa shape index (κ2) is 23.4. The SMILES string of the molecule is CC(C)c1ccc2c(c1)oc1c2cc2c(-c3ccc([Si](C)(C)C)cc3)cc3c4oc5cc(C(C)Cc6ccc7oc8c(cc9c(Oc%10ccc(C(C)(C)C)cc%10)cc%10c%11oc%12ccccc%12c%11cc%11c(Oc%12ccc(C(C)(C)C)cc%12)cc8c9c%11%10)c7c6)ccc5c4cc4c(-c5ccc([Si](C)(C)C)cc5)cc1c2c43. The Kier molecular flexibility index (Phi) is 14.4. The van der Waals surface area contributed by atoms with E-state index in [1.807, 2.05) is 6.07 Å². The maximum atomic E-state index is 7.46. The normalized spacial score (nSPS) is 13.4. The lowest BCUT2D eigenvalue weighted by atomic mass is 9.84. The summed E-state index contributed by atoms with van der Waals surface area (Å²) in [5.41, 5.74) is 17.7. The molecule has 6 nitrogen and oxygen atoms in total. The summed E-state index contributed by atoms with van der Waals surface area (Å²) in [5.74, 6) is 3.46. The van der Waals surface area contributed by atoms with Crippen LogP contribution in [0.4, 0.5) is 0 Å². The summed E-state index contributed by atoms with van der Waals surface area (Å²) in [7, 11) is -3.21. The molecule has 1 atom stereocenters. The van der Waals surface area contributed by atoms with Crippen molar-refractivity contribution in [3.05, 3.63) is 252 Å². The van der Waals surface area contributed by atoms with Gasteiger partial charge in [0.15, 0.2) is 0 Å². The highest BCUT2D eigenvalue weighted by Crippen LogP contribution is 2.55. The molecule has 0 fully saturated rings. The van der Waals surface area contributed by atoms with Crippen molar-refractivity contribution in [2.24, 2.45) is 0 Å². The van der Waals surface area contributed by atoms with Crippen molar-refractivity contribution >= 4 is 179 Å². The molecular formula is C100H86O6Si2. The topological polar surface area (TPSA) is 71.0 Å². The van der Waals surface area contributed by atoms with Crippen LogP contribution in [0.2, 0.25) is 39.3 Å². The lowest BCUT2D eigenvalue weighted by Gasteiger charge is -2.21. The van der Waals surface area contributed by atoms with Crippen LogP contribution in [0, 0.1) is 0 Å². The van der Waals surface area contributed by atoms with Crippen LogP contribution >= 0.6 is 0 Å². The Morgan fingerprint density at radius 3 is 1.16 bits per heavy atom. The molecule has 0 aliphatic rings. The van der Waals surface area contributed by atoms with Crippen LogP contribution < -0.4 is 19.8 Å². The lowest BCUT2D eigenvalue weighted by molar-refractivity contribution is 0.486. The van der Waals surface area contributed by atoms with E-state index >= 15 is 0 Å². The van der Waals surface area contributed by atoms with E-state index in [9.17, 15) is 0 Å². The minimum atomic E-state index is -1.60. The molecule has 0 amide bonds. The molecule has 530 valence electrons. The van der Waals surface area contributed by atoms with Gasteiger partial charge in [-0.1, -0.05) is 233 Å². The fraction of sp³-hybridized carbons (Fsp3) is 0.200. The van der Waals surface area contributed by atoms with Gasteiger partial charge in [-0.05, 0) is 193 Å².